The highest BCUT2D eigenvalue weighted by molar-refractivity contribution is 5.59. The zero-order chi connectivity index (χ0) is 13.8. The molecule has 1 N–H and O–H groups in total. The number of nitrogens with one attached hydrogen (secondary N) is 1. The fourth-order valence-corrected chi connectivity index (χ4v) is 3.66. The SMILES string of the molecule is CCNC1CCCC1CN1CCCOc2ccccc21. The Morgan fingerprint density at radius 1 is 1.25 bits per heavy atom. The molecule has 0 saturated heterocycles. The van der Waals surface area contributed by atoms with E-state index in [1.165, 1.54) is 24.9 Å². The van der Waals surface area contributed by atoms with Crippen molar-refractivity contribution in [3.05, 3.63) is 24.3 Å². The van der Waals surface area contributed by atoms with Gasteiger partial charge in [-0.05, 0) is 43.9 Å². The Hall–Kier alpha value is -1.22. The van der Waals surface area contributed by atoms with Gasteiger partial charge in [0.15, 0.2) is 0 Å². The highest BCUT2D eigenvalue weighted by Gasteiger charge is 2.29. The van der Waals surface area contributed by atoms with Gasteiger partial charge in [-0.15, -0.1) is 0 Å². The van der Waals surface area contributed by atoms with Crippen molar-refractivity contribution in [3.63, 3.8) is 0 Å². The lowest BCUT2D eigenvalue weighted by Crippen LogP contribution is -2.39. The lowest BCUT2D eigenvalue weighted by atomic mass is 10.0. The summed E-state index contributed by atoms with van der Waals surface area (Å²) in [5.74, 6) is 1.84. The van der Waals surface area contributed by atoms with Crippen LogP contribution in [0.15, 0.2) is 24.3 Å². The molecule has 0 radical (unpaired) electrons. The zero-order valence-corrected chi connectivity index (χ0v) is 12.5. The largest absolute Gasteiger partial charge is 0.491 e. The highest BCUT2D eigenvalue weighted by Crippen LogP contribution is 2.34. The van der Waals surface area contributed by atoms with Crippen LogP contribution in [0.1, 0.15) is 32.6 Å². The quantitative estimate of drug-likeness (QED) is 0.913. The number of rotatable bonds is 4. The maximum absolute atomic E-state index is 5.86. The van der Waals surface area contributed by atoms with E-state index < -0.39 is 0 Å². The van der Waals surface area contributed by atoms with Gasteiger partial charge in [-0.25, -0.2) is 0 Å². The molecule has 1 heterocycles. The molecule has 1 saturated carbocycles. The minimum atomic E-state index is 0.705. The summed E-state index contributed by atoms with van der Waals surface area (Å²) in [6, 6.07) is 9.20. The third-order valence-corrected chi connectivity index (χ3v) is 4.62. The van der Waals surface area contributed by atoms with Crippen LogP contribution in [0.25, 0.3) is 0 Å². The van der Waals surface area contributed by atoms with Crippen LogP contribution in [0.4, 0.5) is 5.69 Å². The fourth-order valence-electron chi connectivity index (χ4n) is 3.66. The molecular formula is C17H26N2O. The minimum Gasteiger partial charge on any atom is -0.491 e. The van der Waals surface area contributed by atoms with Crippen molar-refractivity contribution in [2.45, 2.75) is 38.6 Å². The van der Waals surface area contributed by atoms with Crippen LogP contribution in [0.3, 0.4) is 0 Å². The Bertz CT molecular complexity index is 435. The van der Waals surface area contributed by atoms with Crippen molar-refractivity contribution in [1.82, 2.24) is 5.32 Å². The van der Waals surface area contributed by atoms with E-state index in [1.807, 2.05) is 0 Å². The molecule has 1 aromatic rings. The predicted molar refractivity (Wildman–Crippen MR) is 83.6 cm³/mol. The molecule has 1 aliphatic carbocycles. The van der Waals surface area contributed by atoms with Crippen LogP contribution in [0.2, 0.25) is 0 Å². The van der Waals surface area contributed by atoms with Gasteiger partial charge in [-0.3, -0.25) is 0 Å². The van der Waals surface area contributed by atoms with E-state index in [0.29, 0.717) is 6.04 Å². The summed E-state index contributed by atoms with van der Waals surface area (Å²) in [6.07, 6.45) is 5.18. The summed E-state index contributed by atoms with van der Waals surface area (Å²) in [5, 5.41) is 3.67. The molecular weight excluding hydrogens is 248 g/mol. The van der Waals surface area contributed by atoms with Crippen molar-refractivity contribution in [1.29, 1.82) is 0 Å². The van der Waals surface area contributed by atoms with E-state index in [4.69, 9.17) is 4.74 Å². The summed E-state index contributed by atoms with van der Waals surface area (Å²) < 4.78 is 5.86. The lowest BCUT2D eigenvalue weighted by molar-refractivity contribution is 0.322. The molecule has 3 nitrogen and oxygen atoms in total. The lowest BCUT2D eigenvalue weighted by Gasteiger charge is -2.30. The summed E-state index contributed by atoms with van der Waals surface area (Å²) in [5.41, 5.74) is 1.28. The summed E-state index contributed by atoms with van der Waals surface area (Å²) in [6.45, 7) is 6.42. The molecule has 0 aromatic heterocycles. The second kappa shape index (κ2) is 6.49. The van der Waals surface area contributed by atoms with Gasteiger partial charge in [0.05, 0.1) is 12.3 Å². The Morgan fingerprint density at radius 3 is 3.05 bits per heavy atom. The molecule has 0 bridgehead atoms. The van der Waals surface area contributed by atoms with E-state index in [2.05, 4.69) is 41.4 Å². The van der Waals surface area contributed by atoms with Crippen LogP contribution >= 0.6 is 0 Å². The Kier molecular flexibility index (Phi) is 4.46. The first kappa shape index (κ1) is 13.7. The van der Waals surface area contributed by atoms with Crippen molar-refractivity contribution < 1.29 is 4.74 Å². The minimum absolute atomic E-state index is 0.705. The van der Waals surface area contributed by atoms with E-state index in [0.717, 1.165) is 44.3 Å². The van der Waals surface area contributed by atoms with Crippen LogP contribution in [0.5, 0.6) is 5.75 Å². The average molecular weight is 274 g/mol. The van der Waals surface area contributed by atoms with Gasteiger partial charge >= 0.3 is 0 Å². The number of para-hydroxylation sites is 2. The van der Waals surface area contributed by atoms with Gasteiger partial charge in [0, 0.05) is 19.1 Å². The molecule has 0 spiro atoms. The third-order valence-electron chi connectivity index (χ3n) is 4.62. The first-order valence-electron chi connectivity index (χ1n) is 8.08. The number of anilines is 1. The third kappa shape index (κ3) is 2.93. The van der Waals surface area contributed by atoms with E-state index in [1.54, 1.807) is 0 Å². The van der Waals surface area contributed by atoms with Gasteiger partial charge in [0.25, 0.3) is 0 Å². The predicted octanol–water partition coefficient (Wildman–Crippen LogP) is 3.05. The van der Waals surface area contributed by atoms with Crippen molar-refractivity contribution in [2.75, 3.05) is 31.1 Å². The summed E-state index contributed by atoms with van der Waals surface area (Å²) in [7, 11) is 0. The highest BCUT2D eigenvalue weighted by atomic mass is 16.5. The van der Waals surface area contributed by atoms with E-state index in [9.17, 15) is 0 Å². The molecule has 1 fully saturated rings. The monoisotopic (exact) mass is 274 g/mol. The first-order chi connectivity index (χ1) is 9.88. The van der Waals surface area contributed by atoms with Gasteiger partial charge in [-0.1, -0.05) is 25.5 Å². The summed E-state index contributed by atoms with van der Waals surface area (Å²) in [4.78, 5) is 2.54. The second-order valence-corrected chi connectivity index (χ2v) is 5.97. The average Bonchev–Trinajstić information content (AvgIpc) is 2.80. The van der Waals surface area contributed by atoms with Crippen molar-refractivity contribution in [2.24, 2.45) is 5.92 Å². The number of ether oxygens (including phenoxy) is 1. The Morgan fingerprint density at radius 2 is 2.15 bits per heavy atom. The molecule has 110 valence electrons. The zero-order valence-electron chi connectivity index (χ0n) is 12.5. The Balaban J connectivity index is 1.73. The molecule has 2 aliphatic rings. The number of hydrogen-bond acceptors (Lipinski definition) is 3. The second-order valence-electron chi connectivity index (χ2n) is 5.97. The number of hydrogen-bond donors (Lipinski definition) is 1. The molecule has 0 amide bonds. The number of fused-ring (bicyclic) bond motifs is 1. The van der Waals surface area contributed by atoms with Gasteiger partial charge < -0.3 is 15.0 Å². The van der Waals surface area contributed by atoms with Crippen LogP contribution < -0.4 is 15.0 Å². The maximum Gasteiger partial charge on any atom is 0.142 e. The fraction of sp³-hybridized carbons (Fsp3) is 0.647. The number of benzene rings is 1. The molecule has 3 heteroatoms. The number of nitrogens with zero attached hydrogens (tertiary/aromatic N) is 1. The molecule has 1 aliphatic heterocycles. The topological polar surface area (TPSA) is 24.5 Å². The standard InChI is InChI=1S/C17H26N2O/c1-2-18-15-8-5-7-14(15)13-19-11-6-12-20-17-10-4-3-9-16(17)19/h3-4,9-10,14-15,18H,2,5-8,11-13H2,1H3. The van der Waals surface area contributed by atoms with Crippen molar-refractivity contribution >= 4 is 5.69 Å². The smallest absolute Gasteiger partial charge is 0.142 e. The van der Waals surface area contributed by atoms with Crippen LogP contribution in [-0.2, 0) is 0 Å². The molecule has 1 aromatic carbocycles. The van der Waals surface area contributed by atoms with Crippen LogP contribution in [-0.4, -0.2) is 32.3 Å². The molecule has 2 unspecified atom stereocenters. The normalized spacial score (nSPS) is 25.9. The van der Waals surface area contributed by atoms with Crippen LogP contribution in [0, 0.1) is 5.92 Å². The molecule has 3 rings (SSSR count). The first-order valence-corrected chi connectivity index (χ1v) is 8.08. The maximum atomic E-state index is 5.86. The molecule has 20 heavy (non-hydrogen) atoms. The van der Waals surface area contributed by atoms with Gasteiger partial charge in [0.1, 0.15) is 5.75 Å². The van der Waals surface area contributed by atoms with Gasteiger partial charge in [-0.2, -0.15) is 0 Å². The van der Waals surface area contributed by atoms with Crippen molar-refractivity contribution in [3.8, 4) is 5.75 Å². The van der Waals surface area contributed by atoms with E-state index in [-0.39, 0.29) is 0 Å². The Labute approximate surface area is 122 Å². The molecule has 2 atom stereocenters. The van der Waals surface area contributed by atoms with E-state index >= 15 is 0 Å². The summed E-state index contributed by atoms with van der Waals surface area (Å²) >= 11 is 0. The van der Waals surface area contributed by atoms with Gasteiger partial charge in [0.2, 0.25) is 0 Å².